The van der Waals surface area contributed by atoms with Gasteiger partial charge < -0.3 is 16.7 Å². The molecule has 0 unspecified atom stereocenters. The SMILES string of the molecule is C[C@@H](c1cccc(CN=CC(=NN)c2cc(-c3cccc(C#N)c3)nc(N)n2)n1)N1CCCC[C@H]1C(=O)O. The highest BCUT2D eigenvalue weighted by Gasteiger charge is 2.32. The van der Waals surface area contributed by atoms with Crippen molar-refractivity contribution in [2.75, 3.05) is 12.3 Å². The number of nitriles is 1. The average molecular weight is 512 g/mol. The van der Waals surface area contributed by atoms with Crippen LogP contribution in [0.25, 0.3) is 11.3 Å². The molecule has 11 nitrogen and oxygen atoms in total. The molecular formula is C27H29N9O2. The smallest absolute Gasteiger partial charge is 0.320 e. The van der Waals surface area contributed by atoms with Crippen molar-refractivity contribution in [1.82, 2.24) is 19.9 Å². The van der Waals surface area contributed by atoms with E-state index in [1.54, 1.807) is 24.3 Å². The lowest BCUT2D eigenvalue weighted by molar-refractivity contribution is -0.145. The van der Waals surface area contributed by atoms with Gasteiger partial charge in [-0.2, -0.15) is 10.4 Å². The molecule has 3 heterocycles. The Morgan fingerprint density at radius 3 is 2.82 bits per heavy atom. The fourth-order valence-electron chi connectivity index (χ4n) is 4.56. The average Bonchev–Trinajstić information content (AvgIpc) is 2.94. The summed E-state index contributed by atoms with van der Waals surface area (Å²) in [4.78, 5) is 31.4. The van der Waals surface area contributed by atoms with Crippen LogP contribution in [0.1, 0.15) is 54.9 Å². The number of likely N-dealkylation sites (tertiary alicyclic amines) is 1. The van der Waals surface area contributed by atoms with Crippen LogP contribution in [-0.4, -0.2) is 55.4 Å². The number of aliphatic imine (C=N–C) groups is 1. The quantitative estimate of drug-likeness (QED) is 0.233. The molecule has 0 saturated carbocycles. The van der Waals surface area contributed by atoms with E-state index in [2.05, 4.69) is 26.1 Å². The summed E-state index contributed by atoms with van der Waals surface area (Å²) in [5.74, 6) is 4.88. The number of anilines is 1. The first-order valence-corrected chi connectivity index (χ1v) is 12.3. The topological polar surface area (TPSA) is 180 Å². The molecule has 38 heavy (non-hydrogen) atoms. The van der Waals surface area contributed by atoms with Crippen LogP contribution in [0.3, 0.4) is 0 Å². The van der Waals surface area contributed by atoms with Crippen LogP contribution in [0.5, 0.6) is 0 Å². The third kappa shape index (κ3) is 6.16. The molecule has 3 aromatic rings. The fraction of sp³-hybridized carbons (Fsp3) is 0.296. The molecule has 4 rings (SSSR count). The predicted molar refractivity (Wildman–Crippen MR) is 144 cm³/mol. The second-order valence-corrected chi connectivity index (χ2v) is 8.99. The lowest BCUT2D eigenvalue weighted by atomic mass is 9.99. The minimum atomic E-state index is -0.794. The van der Waals surface area contributed by atoms with E-state index in [0.29, 0.717) is 34.6 Å². The van der Waals surface area contributed by atoms with Crippen molar-refractivity contribution in [2.45, 2.75) is 44.8 Å². The van der Waals surface area contributed by atoms with Crippen molar-refractivity contribution in [1.29, 1.82) is 5.26 Å². The van der Waals surface area contributed by atoms with Crippen LogP contribution in [0.15, 0.2) is 58.6 Å². The first-order valence-electron chi connectivity index (χ1n) is 12.3. The standard InChI is InChI=1S/C27H29N9O2/c1-17(36-11-3-2-10-25(36)26(37)38)21-9-5-8-20(32-21)15-31-16-24(35-30)23-13-22(33-27(29)34-23)19-7-4-6-18(12-19)14-28/h4-9,12-13,16-17,25H,2-3,10-11,15,30H2,1H3,(H,37,38)(H2,29,33,34)/t17-,25-/m0/s1. The van der Waals surface area contributed by atoms with Gasteiger partial charge in [-0.05, 0) is 56.6 Å². The van der Waals surface area contributed by atoms with Crippen molar-refractivity contribution in [3.05, 3.63) is 71.2 Å². The first kappa shape index (κ1) is 26.4. The van der Waals surface area contributed by atoms with Crippen molar-refractivity contribution < 1.29 is 9.90 Å². The Balaban J connectivity index is 1.50. The maximum Gasteiger partial charge on any atom is 0.320 e. The number of pyridine rings is 1. The first-order chi connectivity index (χ1) is 18.4. The van der Waals surface area contributed by atoms with Crippen LogP contribution in [0.4, 0.5) is 5.95 Å². The van der Waals surface area contributed by atoms with Gasteiger partial charge in [0.1, 0.15) is 11.8 Å². The number of carbonyl (C=O) groups is 1. The monoisotopic (exact) mass is 511 g/mol. The molecule has 194 valence electrons. The molecule has 0 radical (unpaired) electrons. The molecule has 0 aliphatic carbocycles. The van der Waals surface area contributed by atoms with Gasteiger partial charge in [0.2, 0.25) is 5.95 Å². The number of rotatable bonds is 8. The second-order valence-electron chi connectivity index (χ2n) is 8.99. The molecule has 5 N–H and O–H groups in total. The summed E-state index contributed by atoms with van der Waals surface area (Å²) in [6.07, 6.45) is 4.03. The highest BCUT2D eigenvalue weighted by Crippen LogP contribution is 2.28. The van der Waals surface area contributed by atoms with Gasteiger partial charge in [-0.3, -0.25) is 19.7 Å². The number of carboxylic acids is 1. The van der Waals surface area contributed by atoms with Crippen LogP contribution in [-0.2, 0) is 11.3 Å². The van der Waals surface area contributed by atoms with Gasteiger partial charge in [0.15, 0.2) is 0 Å². The largest absolute Gasteiger partial charge is 0.480 e. The van der Waals surface area contributed by atoms with Crippen LogP contribution >= 0.6 is 0 Å². The zero-order valence-corrected chi connectivity index (χ0v) is 21.0. The Hall–Kier alpha value is -4.69. The summed E-state index contributed by atoms with van der Waals surface area (Å²) >= 11 is 0. The molecule has 1 aliphatic rings. The highest BCUT2D eigenvalue weighted by molar-refractivity contribution is 6.37. The number of hydrazone groups is 1. The summed E-state index contributed by atoms with van der Waals surface area (Å²) in [5, 5.41) is 22.6. The summed E-state index contributed by atoms with van der Waals surface area (Å²) in [7, 11) is 0. The number of nitrogen functional groups attached to an aromatic ring is 1. The molecule has 2 aromatic heterocycles. The van der Waals surface area contributed by atoms with E-state index < -0.39 is 12.0 Å². The van der Waals surface area contributed by atoms with E-state index >= 15 is 0 Å². The minimum absolute atomic E-state index is 0.0372. The van der Waals surface area contributed by atoms with Gasteiger partial charge in [-0.15, -0.1) is 0 Å². The van der Waals surface area contributed by atoms with Gasteiger partial charge in [0.25, 0.3) is 0 Å². The van der Waals surface area contributed by atoms with Gasteiger partial charge >= 0.3 is 5.97 Å². The number of nitrogens with zero attached hydrogens (tertiary/aromatic N) is 7. The third-order valence-electron chi connectivity index (χ3n) is 6.48. The number of hydrogen-bond donors (Lipinski definition) is 3. The van der Waals surface area contributed by atoms with E-state index in [1.165, 1.54) is 6.21 Å². The van der Waals surface area contributed by atoms with Crippen LogP contribution < -0.4 is 11.6 Å². The molecule has 11 heteroatoms. The summed E-state index contributed by atoms with van der Waals surface area (Å²) in [6.45, 7) is 2.97. The van der Waals surface area contributed by atoms with Crippen LogP contribution in [0.2, 0.25) is 0 Å². The molecule has 1 aromatic carbocycles. The predicted octanol–water partition coefficient (Wildman–Crippen LogP) is 2.93. The second kappa shape index (κ2) is 12.0. The normalized spacial score (nSPS) is 17.3. The Morgan fingerprint density at radius 2 is 2.05 bits per heavy atom. The molecule has 0 amide bonds. The lowest BCUT2D eigenvalue weighted by Crippen LogP contribution is -2.46. The third-order valence-corrected chi connectivity index (χ3v) is 6.48. The molecule has 1 aliphatic heterocycles. The number of piperidine rings is 1. The van der Waals surface area contributed by atoms with Gasteiger partial charge in [0, 0.05) is 5.56 Å². The Labute approximate surface area is 220 Å². The maximum atomic E-state index is 11.7. The van der Waals surface area contributed by atoms with Crippen molar-refractivity contribution in [3.63, 3.8) is 0 Å². The number of aliphatic carboxylic acids is 1. The van der Waals surface area contributed by atoms with Gasteiger partial charge in [0.05, 0.1) is 53.2 Å². The number of hydrogen-bond acceptors (Lipinski definition) is 10. The molecule has 1 saturated heterocycles. The zero-order chi connectivity index (χ0) is 27.1. The van der Waals surface area contributed by atoms with Crippen molar-refractivity contribution in [2.24, 2.45) is 15.9 Å². The Kier molecular flexibility index (Phi) is 8.35. The van der Waals surface area contributed by atoms with E-state index in [0.717, 1.165) is 30.8 Å². The van der Waals surface area contributed by atoms with E-state index in [1.807, 2.05) is 36.1 Å². The Morgan fingerprint density at radius 1 is 1.24 bits per heavy atom. The van der Waals surface area contributed by atoms with Crippen LogP contribution in [0, 0.1) is 11.3 Å². The maximum absolute atomic E-state index is 11.7. The van der Waals surface area contributed by atoms with E-state index in [-0.39, 0.29) is 18.5 Å². The van der Waals surface area contributed by atoms with E-state index in [4.69, 9.17) is 16.6 Å². The molecule has 0 spiro atoms. The number of benzene rings is 1. The molecule has 2 atom stereocenters. The number of carboxylic acid groups (broad SMARTS) is 1. The Bertz CT molecular complexity index is 1410. The minimum Gasteiger partial charge on any atom is -0.480 e. The lowest BCUT2D eigenvalue weighted by Gasteiger charge is -2.37. The fourth-order valence-corrected chi connectivity index (χ4v) is 4.56. The highest BCUT2D eigenvalue weighted by atomic mass is 16.4. The van der Waals surface area contributed by atoms with Crippen molar-refractivity contribution >= 4 is 23.8 Å². The summed E-state index contributed by atoms with van der Waals surface area (Å²) < 4.78 is 0. The number of nitrogens with two attached hydrogens (primary N) is 2. The summed E-state index contributed by atoms with van der Waals surface area (Å²) in [6, 6.07) is 15.8. The molecular weight excluding hydrogens is 482 g/mol. The van der Waals surface area contributed by atoms with Crippen molar-refractivity contribution in [3.8, 4) is 17.3 Å². The molecule has 1 fully saturated rings. The number of aromatic nitrogens is 3. The summed E-state index contributed by atoms with van der Waals surface area (Å²) in [5.41, 5.74) is 9.89. The van der Waals surface area contributed by atoms with Gasteiger partial charge in [-0.1, -0.05) is 24.6 Å². The zero-order valence-electron chi connectivity index (χ0n) is 21.0. The van der Waals surface area contributed by atoms with Gasteiger partial charge in [-0.25, -0.2) is 9.97 Å². The van der Waals surface area contributed by atoms with E-state index in [9.17, 15) is 15.2 Å². The molecule has 0 bridgehead atoms.